The molecule has 1 aliphatic heterocycles. The molecule has 1 aliphatic rings. The fraction of sp³-hybridized carbons (Fsp3) is 0.360. The summed E-state index contributed by atoms with van der Waals surface area (Å²) >= 11 is 0. The average Bonchev–Trinajstić information content (AvgIpc) is 2.75. The van der Waals surface area contributed by atoms with Crippen LogP contribution < -0.4 is 20.7 Å². The van der Waals surface area contributed by atoms with Crippen molar-refractivity contribution in [1.29, 1.82) is 0 Å². The van der Waals surface area contributed by atoms with Crippen LogP contribution in [0.15, 0.2) is 40.1 Å². The highest BCUT2D eigenvalue weighted by Crippen LogP contribution is 2.37. The lowest BCUT2D eigenvalue weighted by molar-refractivity contribution is 0.354. The lowest BCUT2D eigenvalue weighted by Gasteiger charge is -2.24. The van der Waals surface area contributed by atoms with Crippen molar-refractivity contribution in [2.24, 2.45) is 4.99 Å². The topological polar surface area (TPSA) is 57.8 Å². The molecular weight excluding hydrogens is 390 g/mol. The van der Waals surface area contributed by atoms with Gasteiger partial charge < -0.3 is 9.47 Å². The van der Waals surface area contributed by atoms with Gasteiger partial charge in [-0.1, -0.05) is 17.7 Å². The van der Waals surface area contributed by atoms with Crippen LogP contribution in [0, 0.1) is 20.8 Å². The lowest BCUT2D eigenvalue weighted by Crippen LogP contribution is -2.41. The molecule has 0 N–H and O–H groups in total. The molecule has 0 bridgehead atoms. The zero-order valence-electron chi connectivity index (χ0n) is 19.1. The molecule has 0 spiro atoms. The van der Waals surface area contributed by atoms with Gasteiger partial charge in [0.2, 0.25) is 0 Å². The second-order valence-electron chi connectivity index (χ2n) is 8.04. The van der Waals surface area contributed by atoms with Crippen molar-refractivity contribution in [1.82, 2.24) is 9.13 Å². The van der Waals surface area contributed by atoms with Crippen LogP contribution in [-0.4, -0.2) is 23.4 Å². The summed E-state index contributed by atoms with van der Waals surface area (Å²) in [5, 5.41) is 0. The second kappa shape index (κ2) is 8.10. The maximum atomic E-state index is 13.4. The van der Waals surface area contributed by atoms with Gasteiger partial charge in [0.1, 0.15) is 5.49 Å². The van der Waals surface area contributed by atoms with E-state index in [9.17, 15) is 4.79 Å². The van der Waals surface area contributed by atoms with Crippen molar-refractivity contribution in [3.63, 3.8) is 0 Å². The molecule has 0 saturated carbocycles. The monoisotopic (exact) mass is 419 g/mol. The molecule has 0 atom stereocenters. The maximum Gasteiger partial charge on any atom is 0.330 e. The van der Waals surface area contributed by atoms with Crippen LogP contribution >= 0.6 is 0 Å². The van der Waals surface area contributed by atoms with Crippen LogP contribution in [0.25, 0.3) is 11.3 Å². The molecule has 2 aromatic carbocycles. The minimum absolute atomic E-state index is 0.0402. The first kappa shape index (κ1) is 21.0. The van der Waals surface area contributed by atoms with Gasteiger partial charge in [-0.25, -0.2) is 9.79 Å². The lowest BCUT2D eigenvalue weighted by atomic mass is 9.97. The summed E-state index contributed by atoms with van der Waals surface area (Å²) < 4.78 is 14.6. The molecule has 6 nitrogen and oxygen atoms in total. The second-order valence-corrected chi connectivity index (χ2v) is 8.04. The summed E-state index contributed by atoms with van der Waals surface area (Å²) in [5.74, 6) is 1.35. The van der Waals surface area contributed by atoms with E-state index in [1.165, 1.54) is 5.56 Å². The van der Waals surface area contributed by atoms with E-state index in [1.54, 1.807) is 18.8 Å². The Morgan fingerprint density at radius 2 is 1.61 bits per heavy atom. The van der Waals surface area contributed by atoms with Crippen molar-refractivity contribution in [2.75, 3.05) is 14.2 Å². The molecule has 0 saturated heterocycles. The summed E-state index contributed by atoms with van der Waals surface area (Å²) in [6.07, 6.45) is 0.763. The van der Waals surface area contributed by atoms with Crippen LogP contribution in [0.1, 0.15) is 29.2 Å². The smallest absolute Gasteiger partial charge is 0.330 e. The number of aryl methyl sites for hydroxylation is 4. The quantitative estimate of drug-likeness (QED) is 0.641. The summed E-state index contributed by atoms with van der Waals surface area (Å²) in [6.45, 7) is 9.37. The van der Waals surface area contributed by atoms with Crippen LogP contribution in [-0.2, 0) is 19.5 Å². The number of hydrogen-bond acceptors (Lipinski definition) is 4. The molecule has 162 valence electrons. The Labute approximate surface area is 182 Å². The Morgan fingerprint density at radius 3 is 2.23 bits per heavy atom. The van der Waals surface area contributed by atoms with Gasteiger partial charge in [0.05, 0.1) is 25.6 Å². The van der Waals surface area contributed by atoms with Gasteiger partial charge in [-0.3, -0.25) is 9.13 Å². The highest BCUT2D eigenvalue weighted by atomic mass is 16.5. The van der Waals surface area contributed by atoms with E-state index in [1.807, 2.05) is 29.7 Å². The van der Waals surface area contributed by atoms with Crippen molar-refractivity contribution in [3.8, 4) is 22.8 Å². The van der Waals surface area contributed by atoms with Crippen LogP contribution in [0.5, 0.6) is 11.5 Å². The Bertz CT molecular complexity index is 1280. The van der Waals surface area contributed by atoms with E-state index in [2.05, 4.69) is 32.9 Å². The summed E-state index contributed by atoms with van der Waals surface area (Å²) in [4.78, 5) is 18.3. The van der Waals surface area contributed by atoms with E-state index in [0.717, 1.165) is 40.1 Å². The normalized spacial score (nSPS) is 13.0. The molecule has 4 rings (SSSR count). The SMILES string of the molecule is CCn1c(=O)n2c(c/c1=N/c1c(C)cc(C)cc1C)-c1cc(OC)c(OC)cc1CC2. The molecule has 6 heteroatoms. The van der Waals surface area contributed by atoms with E-state index < -0.39 is 0 Å². The molecule has 0 fully saturated rings. The molecule has 31 heavy (non-hydrogen) atoms. The average molecular weight is 420 g/mol. The zero-order valence-corrected chi connectivity index (χ0v) is 19.1. The highest BCUT2D eigenvalue weighted by Gasteiger charge is 2.22. The third-order valence-corrected chi connectivity index (χ3v) is 5.96. The van der Waals surface area contributed by atoms with Gasteiger partial charge in [-0.2, -0.15) is 0 Å². The highest BCUT2D eigenvalue weighted by molar-refractivity contribution is 5.70. The molecule has 2 heterocycles. The Morgan fingerprint density at radius 1 is 0.968 bits per heavy atom. The first-order chi connectivity index (χ1) is 14.9. The Balaban J connectivity index is 2.02. The first-order valence-electron chi connectivity index (χ1n) is 10.6. The van der Waals surface area contributed by atoms with Crippen LogP contribution in [0.4, 0.5) is 5.69 Å². The number of ether oxygens (including phenoxy) is 2. The first-order valence-corrected chi connectivity index (χ1v) is 10.6. The molecule has 0 aliphatic carbocycles. The van der Waals surface area contributed by atoms with Crippen LogP contribution in [0.3, 0.4) is 0 Å². The number of fused-ring (bicyclic) bond motifs is 3. The summed E-state index contributed by atoms with van der Waals surface area (Å²) in [7, 11) is 3.26. The molecule has 1 aromatic heterocycles. The third kappa shape index (κ3) is 3.56. The van der Waals surface area contributed by atoms with E-state index >= 15 is 0 Å². The fourth-order valence-corrected chi connectivity index (χ4v) is 4.52. The van der Waals surface area contributed by atoms with Gasteiger partial charge in [0.15, 0.2) is 11.5 Å². The number of benzene rings is 2. The van der Waals surface area contributed by atoms with Crippen molar-refractivity contribution in [3.05, 3.63) is 68.6 Å². The number of rotatable bonds is 4. The minimum atomic E-state index is -0.0402. The van der Waals surface area contributed by atoms with E-state index in [0.29, 0.717) is 30.1 Å². The van der Waals surface area contributed by atoms with Gasteiger partial charge in [0.25, 0.3) is 0 Å². The fourth-order valence-electron chi connectivity index (χ4n) is 4.52. The predicted molar refractivity (Wildman–Crippen MR) is 122 cm³/mol. The molecular formula is C25H29N3O3. The molecule has 0 unspecified atom stereocenters. The number of methoxy groups -OCH3 is 2. The maximum absolute atomic E-state index is 13.4. The predicted octanol–water partition coefficient (Wildman–Crippen LogP) is 4.07. The van der Waals surface area contributed by atoms with Crippen molar-refractivity contribution < 1.29 is 9.47 Å². The van der Waals surface area contributed by atoms with E-state index in [4.69, 9.17) is 14.5 Å². The summed E-state index contributed by atoms with van der Waals surface area (Å²) in [5.41, 5.74) is 7.93. The standard InChI is InChI=1S/C25H29N3O3/c1-7-27-23(26-24-16(3)10-15(2)11-17(24)4)14-20-19-13-22(31-6)21(30-5)12-18(19)8-9-28(20)25(27)29/h10-14H,7-9H2,1-6H3/b26-23-. The largest absolute Gasteiger partial charge is 0.493 e. The van der Waals surface area contributed by atoms with E-state index in [-0.39, 0.29) is 5.69 Å². The minimum Gasteiger partial charge on any atom is -0.493 e. The number of aromatic nitrogens is 2. The van der Waals surface area contributed by atoms with Crippen LogP contribution in [0.2, 0.25) is 0 Å². The van der Waals surface area contributed by atoms with Gasteiger partial charge in [-0.05, 0) is 62.9 Å². The molecule has 3 aromatic rings. The Hall–Kier alpha value is -3.28. The van der Waals surface area contributed by atoms with Crippen molar-refractivity contribution >= 4 is 5.69 Å². The van der Waals surface area contributed by atoms with Gasteiger partial charge in [0, 0.05) is 24.7 Å². The van der Waals surface area contributed by atoms with Gasteiger partial charge >= 0.3 is 5.69 Å². The third-order valence-electron chi connectivity index (χ3n) is 5.96. The summed E-state index contributed by atoms with van der Waals surface area (Å²) in [6, 6.07) is 10.2. The number of nitrogens with zero attached hydrogens (tertiary/aromatic N) is 3. The zero-order chi connectivity index (χ0) is 22.3. The molecule has 0 radical (unpaired) electrons. The number of hydrogen-bond donors (Lipinski definition) is 0. The Kier molecular flexibility index (Phi) is 5.48. The van der Waals surface area contributed by atoms with Crippen molar-refractivity contribution in [2.45, 2.75) is 47.2 Å². The molecule has 0 amide bonds. The van der Waals surface area contributed by atoms with Gasteiger partial charge in [-0.15, -0.1) is 0 Å².